The molecule has 3 rings (SSSR count). The predicted octanol–water partition coefficient (Wildman–Crippen LogP) is 3.46. The van der Waals surface area contributed by atoms with Crippen molar-refractivity contribution in [1.29, 1.82) is 0 Å². The van der Waals surface area contributed by atoms with E-state index in [0.29, 0.717) is 13.0 Å². The van der Waals surface area contributed by atoms with Crippen molar-refractivity contribution < 1.29 is 9.21 Å². The molecule has 21 heavy (non-hydrogen) atoms. The van der Waals surface area contributed by atoms with Gasteiger partial charge in [-0.1, -0.05) is 30.0 Å². The summed E-state index contributed by atoms with van der Waals surface area (Å²) in [5.41, 5.74) is 2.72. The van der Waals surface area contributed by atoms with E-state index in [-0.39, 0.29) is 5.91 Å². The van der Waals surface area contributed by atoms with Gasteiger partial charge in [0.05, 0.1) is 0 Å². The number of carbonyl (C=O) groups is 1. The summed E-state index contributed by atoms with van der Waals surface area (Å²) in [6.45, 7) is 2.09. The van der Waals surface area contributed by atoms with Crippen LogP contribution in [0.4, 0.5) is 0 Å². The summed E-state index contributed by atoms with van der Waals surface area (Å²) in [6, 6.07) is 13.9. The maximum absolute atomic E-state index is 10.7. The Balaban J connectivity index is 1.85. The number of nitrogens with one attached hydrogen (secondary N) is 1. The van der Waals surface area contributed by atoms with Gasteiger partial charge in [-0.3, -0.25) is 4.79 Å². The zero-order chi connectivity index (χ0) is 14.7. The van der Waals surface area contributed by atoms with Gasteiger partial charge in [0, 0.05) is 36.2 Å². The van der Waals surface area contributed by atoms with E-state index >= 15 is 0 Å². The summed E-state index contributed by atoms with van der Waals surface area (Å²) in [5.74, 6) is 6.16. The highest BCUT2D eigenvalue weighted by atomic mass is 16.3. The number of fused-ring (bicyclic) bond motifs is 3. The molecule has 3 heteroatoms. The van der Waals surface area contributed by atoms with E-state index in [0.717, 1.165) is 27.5 Å². The highest BCUT2D eigenvalue weighted by molar-refractivity contribution is 6.05. The number of rotatable bonds is 2. The third-order valence-corrected chi connectivity index (χ3v) is 3.23. The molecule has 1 amide bonds. The van der Waals surface area contributed by atoms with Gasteiger partial charge in [-0.15, -0.1) is 0 Å². The molecule has 0 fully saturated rings. The molecule has 1 N–H and O–H groups in total. The number of benzene rings is 2. The van der Waals surface area contributed by atoms with Gasteiger partial charge in [-0.05, 0) is 24.3 Å². The van der Waals surface area contributed by atoms with Crippen molar-refractivity contribution in [2.75, 3.05) is 6.54 Å². The molecule has 0 saturated carbocycles. The maximum atomic E-state index is 10.7. The van der Waals surface area contributed by atoms with Gasteiger partial charge >= 0.3 is 0 Å². The second-order valence-electron chi connectivity index (χ2n) is 4.84. The van der Waals surface area contributed by atoms with E-state index in [9.17, 15) is 4.79 Å². The SMILES string of the molecule is CC(=O)NCCC#Cc1ccc2oc3ccccc3c2c1. The highest BCUT2D eigenvalue weighted by Crippen LogP contribution is 2.28. The number of hydrogen-bond acceptors (Lipinski definition) is 2. The van der Waals surface area contributed by atoms with E-state index in [2.05, 4.69) is 23.2 Å². The second-order valence-corrected chi connectivity index (χ2v) is 4.84. The van der Waals surface area contributed by atoms with Gasteiger partial charge in [0.1, 0.15) is 11.2 Å². The molecule has 0 atom stereocenters. The monoisotopic (exact) mass is 277 g/mol. The molecule has 0 aliphatic carbocycles. The Morgan fingerprint density at radius 3 is 2.81 bits per heavy atom. The first-order chi connectivity index (χ1) is 10.2. The molecular weight excluding hydrogens is 262 g/mol. The van der Waals surface area contributed by atoms with Crippen LogP contribution in [-0.2, 0) is 4.79 Å². The number of carbonyl (C=O) groups excluding carboxylic acids is 1. The molecule has 104 valence electrons. The van der Waals surface area contributed by atoms with Crippen LogP contribution >= 0.6 is 0 Å². The van der Waals surface area contributed by atoms with Crippen molar-refractivity contribution in [3.63, 3.8) is 0 Å². The van der Waals surface area contributed by atoms with Crippen molar-refractivity contribution in [2.45, 2.75) is 13.3 Å². The molecule has 0 spiro atoms. The third kappa shape index (κ3) is 2.90. The first-order valence-corrected chi connectivity index (χ1v) is 6.88. The second kappa shape index (κ2) is 5.72. The normalized spacial score (nSPS) is 10.3. The van der Waals surface area contributed by atoms with Crippen LogP contribution in [0.15, 0.2) is 46.9 Å². The summed E-state index contributed by atoms with van der Waals surface area (Å²) < 4.78 is 5.78. The van der Waals surface area contributed by atoms with Gasteiger partial charge in [0.25, 0.3) is 0 Å². The van der Waals surface area contributed by atoms with Crippen molar-refractivity contribution in [3.8, 4) is 11.8 Å². The minimum absolute atomic E-state index is 0.0249. The first kappa shape index (κ1) is 13.3. The molecule has 0 radical (unpaired) electrons. The van der Waals surface area contributed by atoms with Crippen LogP contribution in [0.5, 0.6) is 0 Å². The number of amides is 1. The van der Waals surface area contributed by atoms with Crippen molar-refractivity contribution in [1.82, 2.24) is 5.32 Å². The Labute approximate surface area is 122 Å². The lowest BCUT2D eigenvalue weighted by Gasteiger charge is -1.95. The van der Waals surface area contributed by atoms with Gasteiger partial charge in [-0.2, -0.15) is 0 Å². The summed E-state index contributed by atoms with van der Waals surface area (Å²) in [4.78, 5) is 10.7. The highest BCUT2D eigenvalue weighted by Gasteiger charge is 2.05. The Morgan fingerprint density at radius 1 is 1.14 bits per heavy atom. The van der Waals surface area contributed by atoms with Crippen LogP contribution in [0.1, 0.15) is 18.9 Å². The zero-order valence-electron chi connectivity index (χ0n) is 11.8. The van der Waals surface area contributed by atoms with Gasteiger partial charge in [0.15, 0.2) is 0 Å². The lowest BCUT2D eigenvalue weighted by atomic mass is 10.1. The molecule has 0 bridgehead atoms. The molecular formula is C18H15NO2. The summed E-state index contributed by atoms with van der Waals surface area (Å²) in [6.07, 6.45) is 0.643. The fourth-order valence-electron chi connectivity index (χ4n) is 2.27. The van der Waals surface area contributed by atoms with E-state index < -0.39 is 0 Å². The predicted molar refractivity (Wildman–Crippen MR) is 83.9 cm³/mol. The third-order valence-electron chi connectivity index (χ3n) is 3.23. The minimum atomic E-state index is -0.0249. The lowest BCUT2D eigenvalue weighted by molar-refractivity contribution is -0.118. The van der Waals surface area contributed by atoms with Crippen LogP contribution < -0.4 is 5.32 Å². The Morgan fingerprint density at radius 2 is 1.95 bits per heavy atom. The maximum Gasteiger partial charge on any atom is 0.216 e. The van der Waals surface area contributed by atoms with Crippen molar-refractivity contribution >= 4 is 27.8 Å². The van der Waals surface area contributed by atoms with Gasteiger partial charge in [0.2, 0.25) is 5.91 Å². The number of hydrogen-bond donors (Lipinski definition) is 1. The summed E-state index contributed by atoms with van der Waals surface area (Å²) in [5, 5.41) is 4.91. The van der Waals surface area contributed by atoms with Crippen LogP contribution in [-0.4, -0.2) is 12.5 Å². The zero-order valence-corrected chi connectivity index (χ0v) is 11.8. The van der Waals surface area contributed by atoms with Crippen molar-refractivity contribution in [2.24, 2.45) is 0 Å². The quantitative estimate of drug-likeness (QED) is 0.575. The van der Waals surface area contributed by atoms with E-state index in [1.54, 1.807) is 0 Å². The Hall–Kier alpha value is -2.73. The van der Waals surface area contributed by atoms with Crippen LogP contribution in [0.3, 0.4) is 0 Å². The molecule has 2 aromatic carbocycles. The van der Waals surface area contributed by atoms with Crippen LogP contribution in [0.2, 0.25) is 0 Å². The average Bonchev–Trinajstić information content (AvgIpc) is 2.84. The molecule has 1 heterocycles. The number of para-hydroxylation sites is 1. The molecule has 0 unspecified atom stereocenters. The topological polar surface area (TPSA) is 42.2 Å². The van der Waals surface area contributed by atoms with Crippen LogP contribution in [0, 0.1) is 11.8 Å². The van der Waals surface area contributed by atoms with Gasteiger partial charge < -0.3 is 9.73 Å². The largest absolute Gasteiger partial charge is 0.456 e. The first-order valence-electron chi connectivity index (χ1n) is 6.88. The smallest absolute Gasteiger partial charge is 0.216 e. The molecule has 0 aliphatic rings. The summed E-state index contributed by atoms with van der Waals surface area (Å²) >= 11 is 0. The fraction of sp³-hybridized carbons (Fsp3) is 0.167. The molecule has 0 saturated heterocycles. The van der Waals surface area contributed by atoms with E-state index in [4.69, 9.17) is 4.42 Å². The van der Waals surface area contributed by atoms with E-state index in [1.807, 2.05) is 36.4 Å². The minimum Gasteiger partial charge on any atom is -0.456 e. The number of furan rings is 1. The molecule has 0 aliphatic heterocycles. The van der Waals surface area contributed by atoms with Crippen LogP contribution in [0.25, 0.3) is 21.9 Å². The standard InChI is InChI=1S/C18H15NO2/c1-13(20)19-11-5-4-6-14-9-10-18-16(12-14)15-7-2-3-8-17(15)21-18/h2-3,7-10,12H,5,11H2,1H3,(H,19,20). The molecule has 3 nitrogen and oxygen atoms in total. The van der Waals surface area contributed by atoms with Crippen molar-refractivity contribution in [3.05, 3.63) is 48.0 Å². The molecule has 3 aromatic rings. The Kier molecular flexibility index (Phi) is 3.61. The lowest BCUT2D eigenvalue weighted by Crippen LogP contribution is -2.20. The fourth-order valence-corrected chi connectivity index (χ4v) is 2.27. The summed E-state index contributed by atoms with van der Waals surface area (Å²) in [7, 11) is 0. The average molecular weight is 277 g/mol. The van der Waals surface area contributed by atoms with E-state index in [1.165, 1.54) is 6.92 Å². The molecule has 1 aromatic heterocycles. The van der Waals surface area contributed by atoms with Gasteiger partial charge in [-0.25, -0.2) is 0 Å². The Bertz CT molecular complexity index is 865.